The van der Waals surface area contributed by atoms with Crippen LogP contribution in [0.3, 0.4) is 0 Å². The molecule has 0 bridgehead atoms. The van der Waals surface area contributed by atoms with Gasteiger partial charge in [-0.2, -0.15) is 0 Å². The molecule has 0 aliphatic heterocycles. The van der Waals surface area contributed by atoms with E-state index in [4.69, 9.17) is 10.8 Å². The van der Waals surface area contributed by atoms with Crippen molar-refractivity contribution in [2.45, 2.75) is 13.0 Å². The maximum Gasteiger partial charge on any atom is 0.0624 e. The summed E-state index contributed by atoms with van der Waals surface area (Å²) < 4.78 is 0. The molecule has 0 amide bonds. The molecule has 0 spiro atoms. The molecule has 2 rings (SSSR count). The normalized spacial score (nSPS) is 13.0. The Kier molecular flexibility index (Phi) is 2.71. The molecule has 2 aromatic rings. The largest absolute Gasteiger partial charge is 0.394 e. The van der Waals surface area contributed by atoms with Gasteiger partial charge in [-0.1, -0.05) is 36.4 Å². The van der Waals surface area contributed by atoms with Crippen molar-refractivity contribution in [3.05, 3.63) is 47.5 Å². The Morgan fingerprint density at radius 2 is 1.93 bits per heavy atom. The first-order valence-electron chi connectivity index (χ1n) is 5.08. The third-order valence-corrected chi connectivity index (χ3v) is 2.76. The van der Waals surface area contributed by atoms with E-state index in [1.54, 1.807) is 0 Å². The summed E-state index contributed by atoms with van der Waals surface area (Å²) in [4.78, 5) is 0. The van der Waals surface area contributed by atoms with Gasteiger partial charge in [0.25, 0.3) is 0 Å². The molecule has 0 radical (unpaired) electrons. The van der Waals surface area contributed by atoms with Gasteiger partial charge >= 0.3 is 0 Å². The summed E-state index contributed by atoms with van der Waals surface area (Å²) in [5, 5.41) is 11.5. The molecule has 0 aromatic heterocycles. The van der Waals surface area contributed by atoms with E-state index in [9.17, 15) is 0 Å². The van der Waals surface area contributed by atoms with Crippen LogP contribution in [0.5, 0.6) is 0 Å². The van der Waals surface area contributed by atoms with Crippen molar-refractivity contribution >= 4 is 10.8 Å². The van der Waals surface area contributed by atoms with E-state index in [-0.39, 0.29) is 12.6 Å². The lowest BCUT2D eigenvalue weighted by Crippen LogP contribution is -2.16. The van der Waals surface area contributed by atoms with Gasteiger partial charge < -0.3 is 10.8 Å². The fourth-order valence-electron chi connectivity index (χ4n) is 1.99. The molecule has 0 heterocycles. The Morgan fingerprint density at radius 1 is 1.20 bits per heavy atom. The molecule has 0 saturated carbocycles. The van der Waals surface area contributed by atoms with Gasteiger partial charge in [-0.3, -0.25) is 0 Å². The van der Waals surface area contributed by atoms with Crippen molar-refractivity contribution in [3.8, 4) is 0 Å². The maximum atomic E-state index is 9.15. The molecule has 2 aromatic carbocycles. The van der Waals surface area contributed by atoms with Crippen LogP contribution in [-0.2, 0) is 0 Å². The van der Waals surface area contributed by atoms with Crippen molar-refractivity contribution in [2.75, 3.05) is 6.61 Å². The zero-order valence-corrected chi connectivity index (χ0v) is 8.77. The van der Waals surface area contributed by atoms with Crippen LogP contribution < -0.4 is 5.73 Å². The van der Waals surface area contributed by atoms with Gasteiger partial charge in [-0.05, 0) is 28.8 Å². The van der Waals surface area contributed by atoms with Crippen LogP contribution in [0.4, 0.5) is 0 Å². The summed E-state index contributed by atoms with van der Waals surface area (Å²) in [6, 6.07) is 11.9. The Bertz CT molecular complexity index is 479. The van der Waals surface area contributed by atoms with Crippen LogP contribution in [0.25, 0.3) is 10.8 Å². The van der Waals surface area contributed by atoms with Crippen molar-refractivity contribution in [1.29, 1.82) is 0 Å². The second kappa shape index (κ2) is 4.01. The van der Waals surface area contributed by atoms with Gasteiger partial charge in [0.05, 0.1) is 12.6 Å². The molecule has 0 aliphatic carbocycles. The van der Waals surface area contributed by atoms with Crippen LogP contribution in [0.15, 0.2) is 36.4 Å². The van der Waals surface area contributed by atoms with Gasteiger partial charge in [-0.25, -0.2) is 0 Å². The number of aryl methyl sites for hydroxylation is 1. The fraction of sp³-hybridized carbons (Fsp3) is 0.231. The molecule has 2 heteroatoms. The average Bonchev–Trinajstić information content (AvgIpc) is 2.28. The highest BCUT2D eigenvalue weighted by Gasteiger charge is 2.11. The van der Waals surface area contributed by atoms with E-state index in [2.05, 4.69) is 12.1 Å². The minimum atomic E-state index is -0.295. The predicted octanol–water partition coefficient (Wildman–Crippen LogP) is 2.14. The van der Waals surface area contributed by atoms with E-state index in [0.717, 1.165) is 16.5 Å². The molecule has 3 N–H and O–H groups in total. The zero-order chi connectivity index (χ0) is 10.8. The maximum absolute atomic E-state index is 9.15. The van der Waals surface area contributed by atoms with Gasteiger partial charge in [-0.15, -0.1) is 0 Å². The summed E-state index contributed by atoms with van der Waals surface area (Å²) in [5.74, 6) is 0. The number of aliphatic hydroxyl groups is 1. The quantitative estimate of drug-likeness (QED) is 0.782. The molecular weight excluding hydrogens is 186 g/mol. The second-order valence-electron chi connectivity index (χ2n) is 3.81. The highest BCUT2D eigenvalue weighted by Crippen LogP contribution is 2.26. The number of nitrogens with two attached hydrogens (primary N) is 1. The lowest BCUT2D eigenvalue weighted by atomic mass is 9.95. The highest BCUT2D eigenvalue weighted by atomic mass is 16.3. The van der Waals surface area contributed by atoms with Gasteiger partial charge in [0.1, 0.15) is 0 Å². The lowest BCUT2D eigenvalue weighted by molar-refractivity contribution is 0.268. The molecule has 0 fully saturated rings. The second-order valence-corrected chi connectivity index (χ2v) is 3.81. The Balaban J connectivity index is 2.74. The molecule has 1 atom stereocenters. The molecule has 78 valence electrons. The summed E-state index contributed by atoms with van der Waals surface area (Å²) >= 11 is 0. The topological polar surface area (TPSA) is 46.2 Å². The minimum Gasteiger partial charge on any atom is -0.394 e. The lowest BCUT2D eigenvalue weighted by Gasteiger charge is -2.15. The number of rotatable bonds is 2. The van der Waals surface area contributed by atoms with Crippen molar-refractivity contribution in [3.63, 3.8) is 0 Å². The predicted molar refractivity (Wildman–Crippen MR) is 62.7 cm³/mol. The van der Waals surface area contributed by atoms with Crippen molar-refractivity contribution in [1.82, 2.24) is 0 Å². The fourth-order valence-corrected chi connectivity index (χ4v) is 1.99. The van der Waals surface area contributed by atoms with Crippen LogP contribution in [0, 0.1) is 6.92 Å². The average molecular weight is 201 g/mol. The van der Waals surface area contributed by atoms with Gasteiger partial charge in [0, 0.05) is 0 Å². The van der Waals surface area contributed by atoms with E-state index in [0.29, 0.717) is 0 Å². The zero-order valence-electron chi connectivity index (χ0n) is 8.77. The SMILES string of the molecule is Cc1ccc2ccccc2c1[C@H](N)CO. The molecule has 0 saturated heterocycles. The molecule has 0 unspecified atom stereocenters. The van der Waals surface area contributed by atoms with Crippen LogP contribution in [-0.4, -0.2) is 11.7 Å². The van der Waals surface area contributed by atoms with E-state index < -0.39 is 0 Å². The summed E-state index contributed by atoms with van der Waals surface area (Å²) in [5.41, 5.74) is 8.10. The molecule has 0 aliphatic rings. The third kappa shape index (κ3) is 1.74. The summed E-state index contributed by atoms with van der Waals surface area (Å²) in [7, 11) is 0. The number of hydrogen-bond donors (Lipinski definition) is 2. The Morgan fingerprint density at radius 3 is 2.67 bits per heavy atom. The van der Waals surface area contributed by atoms with Crippen LogP contribution in [0.1, 0.15) is 17.2 Å². The van der Waals surface area contributed by atoms with Crippen molar-refractivity contribution < 1.29 is 5.11 Å². The number of aliphatic hydroxyl groups excluding tert-OH is 1. The Hall–Kier alpha value is -1.38. The Labute approximate surface area is 89.3 Å². The first kappa shape index (κ1) is 10.1. The number of hydrogen-bond acceptors (Lipinski definition) is 2. The standard InChI is InChI=1S/C13H15NO/c1-9-6-7-10-4-2-3-5-11(10)13(9)12(14)8-15/h2-7,12,15H,8,14H2,1H3/t12-/m1/s1. The van der Waals surface area contributed by atoms with E-state index >= 15 is 0 Å². The van der Waals surface area contributed by atoms with Gasteiger partial charge in [0.15, 0.2) is 0 Å². The number of fused-ring (bicyclic) bond motifs is 1. The monoisotopic (exact) mass is 201 g/mol. The molecular formula is C13H15NO. The van der Waals surface area contributed by atoms with E-state index in [1.165, 1.54) is 5.39 Å². The summed E-state index contributed by atoms with van der Waals surface area (Å²) in [6.07, 6.45) is 0. The minimum absolute atomic E-state index is 0.0190. The molecule has 15 heavy (non-hydrogen) atoms. The first-order valence-corrected chi connectivity index (χ1v) is 5.08. The highest BCUT2D eigenvalue weighted by molar-refractivity contribution is 5.87. The van der Waals surface area contributed by atoms with Gasteiger partial charge in [0.2, 0.25) is 0 Å². The van der Waals surface area contributed by atoms with Crippen LogP contribution >= 0.6 is 0 Å². The smallest absolute Gasteiger partial charge is 0.0624 e. The first-order chi connectivity index (χ1) is 7.24. The number of benzene rings is 2. The van der Waals surface area contributed by atoms with Crippen LogP contribution in [0.2, 0.25) is 0 Å². The summed E-state index contributed by atoms with van der Waals surface area (Å²) in [6.45, 7) is 2.01. The third-order valence-electron chi connectivity index (χ3n) is 2.76. The molecule has 2 nitrogen and oxygen atoms in total. The van der Waals surface area contributed by atoms with E-state index in [1.807, 2.05) is 31.2 Å². The van der Waals surface area contributed by atoms with Crippen molar-refractivity contribution in [2.24, 2.45) is 5.73 Å².